The Morgan fingerprint density at radius 2 is 1.77 bits per heavy atom. The van der Waals surface area contributed by atoms with Gasteiger partial charge >= 0.3 is 11.9 Å². The molecule has 0 aromatic heterocycles. The maximum Gasteiger partial charge on any atom is 0.338 e. The van der Waals surface area contributed by atoms with Gasteiger partial charge in [0.05, 0.1) is 25.3 Å². The third-order valence-corrected chi connectivity index (χ3v) is 3.50. The molecule has 0 bridgehead atoms. The molecule has 1 aromatic carbocycles. The van der Waals surface area contributed by atoms with Crippen molar-refractivity contribution in [1.82, 2.24) is 0 Å². The maximum atomic E-state index is 11.9. The quantitative estimate of drug-likeness (QED) is 0.560. The third kappa shape index (κ3) is 4.82. The normalized spacial score (nSPS) is 11.8. The number of nitrogens with two attached hydrogens (primary N) is 2. The van der Waals surface area contributed by atoms with E-state index >= 15 is 0 Å². The topological polar surface area (TPSA) is 105 Å². The second-order valence-corrected chi connectivity index (χ2v) is 5.03. The Morgan fingerprint density at radius 3 is 2.36 bits per heavy atom. The molecule has 1 atom stereocenters. The lowest BCUT2D eigenvalue weighted by Gasteiger charge is -2.16. The summed E-state index contributed by atoms with van der Waals surface area (Å²) in [5.41, 5.74) is 13.0. The van der Waals surface area contributed by atoms with Gasteiger partial charge in [0.2, 0.25) is 0 Å². The first-order valence-corrected chi connectivity index (χ1v) is 7.31. The van der Waals surface area contributed by atoms with Crippen LogP contribution in [0.3, 0.4) is 0 Å². The van der Waals surface area contributed by atoms with E-state index in [0.29, 0.717) is 29.7 Å². The van der Waals surface area contributed by atoms with Crippen molar-refractivity contribution in [3.63, 3.8) is 0 Å². The second-order valence-electron chi connectivity index (χ2n) is 5.03. The number of hydrogen-bond donors (Lipinski definition) is 2. The molecule has 4 N–H and O–H groups in total. The summed E-state index contributed by atoms with van der Waals surface area (Å²) in [7, 11) is 2.62. The van der Waals surface area contributed by atoms with Crippen LogP contribution in [-0.2, 0) is 9.47 Å². The van der Waals surface area contributed by atoms with E-state index in [9.17, 15) is 9.59 Å². The minimum absolute atomic E-state index is 0.350. The first-order valence-electron chi connectivity index (χ1n) is 7.31. The highest BCUT2D eigenvalue weighted by atomic mass is 16.5. The zero-order chi connectivity index (χ0) is 16.5. The van der Waals surface area contributed by atoms with Crippen molar-refractivity contribution in [1.29, 1.82) is 0 Å². The van der Waals surface area contributed by atoms with E-state index in [-0.39, 0.29) is 6.04 Å². The Morgan fingerprint density at radius 1 is 1.09 bits per heavy atom. The summed E-state index contributed by atoms with van der Waals surface area (Å²) in [6.07, 6.45) is 3.53. The molecular weight excluding hydrogens is 284 g/mol. The molecule has 6 nitrogen and oxygen atoms in total. The van der Waals surface area contributed by atoms with Gasteiger partial charge in [-0.05, 0) is 43.1 Å². The van der Waals surface area contributed by atoms with Gasteiger partial charge in [-0.3, -0.25) is 0 Å². The van der Waals surface area contributed by atoms with Crippen molar-refractivity contribution in [2.45, 2.75) is 31.7 Å². The first-order chi connectivity index (χ1) is 10.5. The van der Waals surface area contributed by atoms with E-state index in [0.717, 1.165) is 19.3 Å². The molecule has 0 heterocycles. The van der Waals surface area contributed by atoms with Crippen LogP contribution in [0.1, 0.15) is 58.0 Å². The number of unbranched alkanes of at least 4 members (excludes halogenated alkanes) is 2. The molecule has 0 radical (unpaired) electrons. The number of benzene rings is 1. The maximum absolute atomic E-state index is 11.9. The molecule has 1 aromatic rings. The average molecular weight is 308 g/mol. The lowest BCUT2D eigenvalue weighted by Crippen LogP contribution is -2.17. The summed E-state index contributed by atoms with van der Waals surface area (Å²) in [6.45, 7) is 0.653. The average Bonchev–Trinajstić information content (AvgIpc) is 2.56. The molecule has 0 aliphatic carbocycles. The predicted molar refractivity (Wildman–Crippen MR) is 83.6 cm³/mol. The first kappa shape index (κ1) is 18.1. The van der Waals surface area contributed by atoms with E-state index < -0.39 is 11.9 Å². The Bertz CT molecular complexity index is 517. The van der Waals surface area contributed by atoms with Crippen LogP contribution in [0.15, 0.2) is 18.2 Å². The van der Waals surface area contributed by atoms with Gasteiger partial charge in [0, 0.05) is 6.04 Å². The highest BCUT2D eigenvalue weighted by molar-refractivity contribution is 5.95. The van der Waals surface area contributed by atoms with Crippen LogP contribution >= 0.6 is 0 Å². The van der Waals surface area contributed by atoms with E-state index in [2.05, 4.69) is 0 Å². The molecular formula is C16H24N2O4. The van der Waals surface area contributed by atoms with Gasteiger partial charge in [-0.1, -0.05) is 12.8 Å². The number of methoxy groups -OCH3 is 2. The minimum atomic E-state index is -0.469. The number of carbonyl (C=O) groups is 2. The van der Waals surface area contributed by atoms with Gasteiger partial charge in [-0.25, -0.2) is 9.59 Å². The molecule has 6 heteroatoms. The summed E-state index contributed by atoms with van der Waals surface area (Å²) in [5.74, 6) is -0.933. The van der Waals surface area contributed by atoms with Crippen molar-refractivity contribution >= 4 is 11.9 Å². The van der Waals surface area contributed by atoms with Gasteiger partial charge in [0.1, 0.15) is 0 Å². The largest absolute Gasteiger partial charge is 0.465 e. The molecule has 0 aliphatic heterocycles. The third-order valence-electron chi connectivity index (χ3n) is 3.50. The Hall–Kier alpha value is -1.92. The predicted octanol–water partition coefficient (Wildman–Crippen LogP) is 1.78. The number of ether oxygens (including phenoxy) is 2. The second kappa shape index (κ2) is 9.17. The van der Waals surface area contributed by atoms with Crippen molar-refractivity contribution in [2.24, 2.45) is 11.5 Å². The molecule has 22 heavy (non-hydrogen) atoms. The fourth-order valence-electron chi connectivity index (χ4n) is 2.25. The van der Waals surface area contributed by atoms with Crippen LogP contribution in [-0.4, -0.2) is 32.7 Å². The smallest absolute Gasteiger partial charge is 0.338 e. The lowest BCUT2D eigenvalue weighted by atomic mass is 9.94. The van der Waals surface area contributed by atoms with Crippen LogP contribution in [0.5, 0.6) is 0 Å². The summed E-state index contributed by atoms with van der Waals surface area (Å²) in [6, 6.07) is 4.33. The molecule has 0 fully saturated rings. The van der Waals surface area contributed by atoms with E-state index in [1.165, 1.54) is 20.3 Å². The van der Waals surface area contributed by atoms with E-state index in [1.54, 1.807) is 12.1 Å². The van der Waals surface area contributed by atoms with Crippen LogP contribution < -0.4 is 11.5 Å². The number of carbonyl (C=O) groups excluding carboxylic acids is 2. The zero-order valence-corrected chi connectivity index (χ0v) is 13.1. The van der Waals surface area contributed by atoms with Crippen LogP contribution in [0, 0.1) is 0 Å². The van der Waals surface area contributed by atoms with Gasteiger partial charge in [-0.15, -0.1) is 0 Å². The Kier molecular flexibility index (Phi) is 7.56. The standard InChI is InChI=1S/C16H24N2O4/c1-21-15(19)11-7-8-12(16(20)22-2)13(10-11)14(18)6-4-3-5-9-17/h7-8,10,14H,3-6,9,17-18H2,1-2H3. The minimum Gasteiger partial charge on any atom is -0.465 e. The van der Waals surface area contributed by atoms with Crippen LogP contribution in [0.2, 0.25) is 0 Å². The molecule has 0 spiro atoms. The monoisotopic (exact) mass is 308 g/mol. The summed E-state index contributed by atoms with van der Waals surface area (Å²) < 4.78 is 9.47. The molecule has 0 aliphatic rings. The van der Waals surface area contributed by atoms with E-state index in [4.69, 9.17) is 20.9 Å². The number of rotatable bonds is 8. The van der Waals surface area contributed by atoms with Crippen LogP contribution in [0.4, 0.5) is 0 Å². The van der Waals surface area contributed by atoms with Crippen molar-refractivity contribution < 1.29 is 19.1 Å². The molecule has 122 valence electrons. The van der Waals surface area contributed by atoms with Gasteiger partial charge in [0.25, 0.3) is 0 Å². The Labute approximate surface area is 130 Å². The van der Waals surface area contributed by atoms with Crippen molar-refractivity contribution in [2.75, 3.05) is 20.8 Å². The molecule has 0 amide bonds. The zero-order valence-electron chi connectivity index (χ0n) is 13.1. The van der Waals surface area contributed by atoms with Crippen LogP contribution in [0.25, 0.3) is 0 Å². The van der Waals surface area contributed by atoms with Gasteiger partial charge in [-0.2, -0.15) is 0 Å². The fourth-order valence-corrected chi connectivity index (χ4v) is 2.25. The van der Waals surface area contributed by atoms with Crippen molar-refractivity contribution in [3.05, 3.63) is 34.9 Å². The molecule has 1 unspecified atom stereocenters. The molecule has 0 saturated heterocycles. The fraction of sp³-hybridized carbons (Fsp3) is 0.500. The highest BCUT2D eigenvalue weighted by Gasteiger charge is 2.19. The van der Waals surface area contributed by atoms with Crippen molar-refractivity contribution in [3.8, 4) is 0 Å². The summed E-state index contributed by atoms with van der Waals surface area (Å²) in [4.78, 5) is 23.5. The number of esters is 2. The molecule has 0 saturated carbocycles. The SMILES string of the molecule is COC(=O)c1ccc(C(=O)OC)c(C(N)CCCCCN)c1. The summed E-state index contributed by atoms with van der Waals surface area (Å²) in [5, 5.41) is 0. The molecule has 1 rings (SSSR count). The Balaban J connectivity index is 3.00. The number of hydrogen-bond acceptors (Lipinski definition) is 6. The van der Waals surface area contributed by atoms with Gasteiger partial charge < -0.3 is 20.9 Å². The van der Waals surface area contributed by atoms with Gasteiger partial charge in [0.15, 0.2) is 0 Å². The summed E-state index contributed by atoms with van der Waals surface area (Å²) >= 11 is 0. The lowest BCUT2D eigenvalue weighted by molar-refractivity contribution is 0.0585. The van der Waals surface area contributed by atoms with E-state index in [1.807, 2.05) is 0 Å². The highest BCUT2D eigenvalue weighted by Crippen LogP contribution is 2.24.